The van der Waals surface area contributed by atoms with Crippen molar-refractivity contribution in [1.29, 1.82) is 0 Å². The third kappa shape index (κ3) is 3.53. The van der Waals surface area contributed by atoms with Crippen molar-refractivity contribution in [2.24, 2.45) is 10.9 Å². The van der Waals surface area contributed by atoms with Crippen LogP contribution in [0.15, 0.2) is 34.4 Å². The fourth-order valence-corrected chi connectivity index (χ4v) is 4.24. The molecule has 0 radical (unpaired) electrons. The van der Waals surface area contributed by atoms with Crippen LogP contribution in [0.3, 0.4) is 0 Å². The number of hydrogen-bond donors (Lipinski definition) is 2. The molecule has 0 amide bonds. The minimum absolute atomic E-state index is 0.130. The van der Waals surface area contributed by atoms with Crippen LogP contribution in [0, 0.1) is 5.92 Å². The molecule has 144 valence electrons. The lowest BCUT2D eigenvalue weighted by Crippen LogP contribution is -2.50. The summed E-state index contributed by atoms with van der Waals surface area (Å²) >= 11 is 6.41. The maximum atomic E-state index is 6.41. The van der Waals surface area contributed by atoms with Crippen LogP contribution in [-0.2, 0) is 4.74 Å². The van der Waals surface area contributed by atoms with Gasteiger partial charge in [0.15, 0.2) is 6.29 Å². The predicted molar refractivity (Wildman–Crippen MR) is 109 cm³/mol. The number of morpholine rings is 1. The number of nitrogens with one attached hydrogen (secondary N) is 2. The van der Waals surface area contributed by atoms with E-state index in [1.165, 1.54) is 24.2 Å². The van der Waals surface area contributed by atoms with E-state index in [0.29, 0.717) is 11.3 Å². The average Bonchev–Trinajstić information content (AvgIpc) is 3.45. The highest BCUT2D eigenvalue weighted by Crippen LogP contribution is 2.39. The van der Waals surface area contributed by atoms with Crippen LogP contribution in [0.4, 0.5) is 11.4 Å². The molecule has 4 aliphatic rings. The maximum Gasteiger partial charge on any atom is 0.177 e. The molecule has 0 aromatic heterocycles. The van der Waals surface area contributed by atoms with Crippen molar-refractivity contribution in [3.8, 4) is 0 Å². The van der Waals surface area contributed by atoms with Gasteiger partial charge in [0.25, 0.3) is 0 Å². The van der Waals surface area contributed by atoms with Gasteiger partial charge in [-0.25, -0.2) is 4.99 Å². The van der Waals surface area contributed by atoms with Gasteiger partial charge in [-0.05, 0) is 43.9 Å². The van der Waals surface area contributed by atoms with Crippen molar-refractivity contribution in [1.82, 2.24) is 10.2 Å². The zero-order valence-corrected chi connectivity index (χ0v) is 16.4. The first kappa shape index (κ1) is 17.3. The summed E-state index contributed by atoms with van der Waals surface area (Å²) < 4.78 is 5.46. The molecule has 3 heterocycles. The Morgan fingerprint density at radius 2 is 2.04 bits per heavy atom. The number of hydrogen-bond acceptors (Lipinski definition) is 6. The van der Waals surface area contributed by atoms with E-state index in [-0.39, 0.29) is 6.29 Å². The second-order valence-electron chi connectivity index (χ2n) is 7.82. The van der Waals surface area contributed by atoms with E-state index in [1.54, 1.807) is 0 Å². The number of fused-ring (bicyclic) bond motifs is 1. The lowest BCUT2D eigenvalue weighted by atomic mass is 10.1. The molecule has 6 nitrogen and oxygen atoms in total. The molecule has 0 bridgehead atoms. The van der Waals surface area contributed by atoms with Gasteiger partial charge in [0.2, 0.25) is 0 Å². The van der Waals surface area contributed by atoms with Gasteiger partial charge in [-0.3, -0.25) is 4.90 Å². The summed E-state index contributed by atoms with van der Waals surface area (Å²) in [6.45, 7) is 6.56. The quantitative estimate of drug-likeness (QED) is 0.778. The van der Waals surface area contributed by atoms with Crippen molar-refractivity contribution in [2.75, 3.05) is 43.1 Å². The Kier molecular flexibility index (Phi) is 4.50. The maximum absolute atomic E-state index is 6.41. The third-order valence-electron chi connectivity index (χ3n) is 5.77. The summed E-state index contributed by atoms with van der Waals surface area (Å²) in [5.74, 6) is 0.847. The SMILES string of the molecule is CC1Nc2ccc(C3=NC(N4CCOCC4)NC(Cl)=C3)cc2N1CC1CC1. The van der Waals surface area contributed by atoms with E-state index >= 15 is 0 Å². The van der Waals surface area contributed by atoms with E-state index in [4.69, 9.17) is 21.3 Å². The number of rotatable bonds is 4. The van der Waals surface area contributed by atoms with E-state index in [0.717, 1.165) is 50.0 Å². The fraction of sp³-hybridized carbons (Fsp3) is 0.550. The monoisotopic (exact) mass is 387 g/mol. The van der Waals surface area contributed by atoms with Crippen LogP contribution in [-0.4, -0.2) is 55.9 Å². The zero-order valence-electron chi connectivity index (χ0n) is 15.6. The van der Waals surface area contributed by atoms with E-state index in [1.807, 2.05) is 6.08 Å². The minimum Gasteiger partial charge on any atom is -0.379 e. The molecule has 2 N–H and O–H groups in total. The van der Waals surface area contributed by atoms with Gasteiger partial charge in [0.1, 0.15) is 5.16 Å². The Balaban J connectivity index is 1.43. The van der Waals surface area contributed by atoms with E-state index < -0.39 is 0 Å². The molecular weight excluding hydrogens is 362 g/mol. The molecule has 7 heteroatoms. The second-order valence-corrected chi connectivity index (χ2v) is 8.23. The summed E-state index contributed by atoms with van der Waals surface area (Å²) in [6, 6.07) is 6.57. The van der Waals surface area contributed by atoms with Crippen molar-refractivity contribution in [3.63, 3.8) is 0 Å². The van der Waals surface area contributed by atoms with Gasteiger partial charge in [0.05, 0.1) is 36.5 Å². The van der Waals surface area contributed by atoms with Crippen LogP contribution in [0.5, 0.6) is 0 Å². The fourth-order valence-electron chi connectivity index (χ4n) is 4.04. The molecule has 1 aromatic rings. The third-order valence-corrected chi connectivity index (χ3v) is 5.99. The Labute approximate surface area is 165 Å². The number of benzene rings is 1. The van der Waals surface area contributed by atoms with Crippen molar-refractivity contribution in [3.05, 3.63) is 35.0 Å². The van der Waals surface area contributed by atoms with Gasteiger partial charge in [0, 0.05) is 25.2 Å². The second kappa shape index (κ2) is 7.00. The van der Waals surface area contributed by atoms with Crippen molar-refractivity contribution in [2.45, 2.75) is 32.2 Å². The molecule has 2 atom stereocenters. The molecule has 3 aliphatic heterocycles. The molecule has 1 aliphatic carbocycles. The normalized spacial score (nSPS) is 28.1. The van der Waals surface area contributed by atoms with Gasteiger partial charge >= 0.3 is 0 Å². The molecule has 1 saturated heterocycles. The number of nitrogens with zero attached hydrogens (tertiary/aromatic N) is 3. The smallest absolute Gasteiger partial charge is 0.177 e. The Morgan fingerprint density at radius 3 is 2.81 bits per heavy atom. The number of halogens is 1. The molecule has 5 rings (SSSR count). The zero-order chi connectivity index (χ0) is 18.4. The average molecular weight is 388 g/mol. The summed E-state index contributed by atoms with van der Waals surface area (Å²) in [5, 5.41) is 7.50. The summed E-state index contributed by atoms with van der Waals surface area (Å²) in [5.41, 5.74) is 4.54. The Hall–Kier alpha value is -1.76. The van der Waals surface area contributed by atoms with Crippen molar-refractivity contribution >= 4 is 28.7 Å². The molecule has 27 heavy (non-hydrogen) atoms. The molecular formula is C20H26ClN5O. The first-order valence-corrected chi connectivity index (χ1v) is 10.3. The number of allylic oxidation sites excluding steroid dienone is 1. The predicted octanol–water partition coefficient (Wildman–Crippen LogP) is 2.76. The number of anilines is 2. The topological polar surface area (TPSA) is 52.1 Å². The Morgan fingerprint density at radius 1 is 1.22 bits per heavy atom. The standard InChI is InChI=1S/C20H26ClN5O/c1-13-22-16-5-4-15(10-18(16)26(13)12-14-2-3-14)17-11-19(21)24-20(23-17)25-6-8-27-9-7-25/h4-5,10-11,13-14,20,22,24H,2-3,6-9,12H2,1H3. The Bertz CT molecular complexity index is 785. The van der Waals surface area contributed by atoms with Crippen LogP contribution < -0.4 is 15.5 Å². The van der Waals surface area contributed by atoms with Crippen LogP contribution in [0.2, 0.25) is 0 Å². The van der Waals surface area contributed by atoms with E-state index in [9.17, 15) is 0 Å². The molecule has 1 saturated carbocycles. The summed E-state index contributed by atoms with van der Waals surface area (Å²) in [6.07, 6.45) is 4.85. The summed E-state index contributed by atoms with van der Waals surface area (Å²) in [7, 11) is 0. The summed E-state index contributed by atoms with van der Waals surface area (Å²) in [4.78, 5) is 9.71. The molecule has 1 aromatic carbocycles. The van der Waals surface area contributed by atoms with Crippen LogP contribution in [0.25, 0.3) is 0 Å². The van der Waals surface area contributed by atoms with Crippen LogP contribution in [0.1, 0.15) is 25.3 Å². The highest BCUT2D eigenvalue weighted by Gasteiger charge is 2.32. The molecule has 2 fully saturated rings. The van der Waals surface area contributed by atoms with Gasteiger partial charge in [-0.1, -0.05) is 17.7 Å². The van der Waals surface area contributed by atoms with Gasteiger partial charge in [-0.2, -0.15) is 0 Å². The lowest BCUT2D eigenvalue weighted by molar-refractivity contribution is 0.0134. The van der Waals surface area contributed by atoms with Gasteiger partial charge < -0.3 is 20.3 Å². The molecule has 2 unspecified atom stereocenters. The first-order chi connectivity index (χ1) is 13.2. The molecule has 0 spiro atoms. The highest BCUT2D eigenvalue weighted by molar-refractivity contribution is 6.32. The van der Waals surface area contributed by atoms with E-state index in [2.05, 4.69) is 45.6 Å². The number of aliphatic imine (C=N–C) groups is 1. The van der Waals surface area contributed by atoms with Gasteiger partial charge in [-0.15, -0.1) is 0 Å². The number of ether oxygens (including phenoxy) is 1. The van der Waals surface area contributed by atoms with Crippen LogP contribution >= 0.6 is 11.6 Å². The lowest BCUT2D eigenvalue weighted by Gasteiger charge is -2.34. The highest BCUT2D eigenvalue weighted by atomic mass is 35.5. The largest absolute Gasteiger partial charge is 0.379 e. The minimum atomic E-state index is -0.130. The first-order valence-electron chi connectivity index (χ1n) is 9.88. The van der Waals surface area contributed by atoms with Crippen molar-refractivity contribution < 1.29 is 4.74 Å².